The largest absolute Gasteiger partial charge is 0.497 e. The molecule has 0 bridgehead atoms. The van der Waals surface area contributed by atoms with Gasteiger partial charge >= 0.3 is 0 Å². The van der Waals surface area contributed by atoms with Gasteiger partial charge in [-0.2, -0.15) is 0 Å². The zero-order valence-electron chi connectivity index (χ0n) is 13.8. The van der Waals surface area contributed by atoms with Crippen LogP contribution in [0.4, 0.5) is 0 Å². The maximum absolute atomic E-state index is 12.4. The van der Waals surface area contributed by atoms with Crippen molar-refractivity contribution in [1.82, 2.24) is 9.62 Å². The Kier molecular flexibility index (Phi) is 6.08. The van der Waals surface area contributed by atoms with E-state index in [0.717, 1.165) is 0 Å². The minimum atomic E-state index is -3.37. The first kappa shape index (κ1) is 19.0. The van der Waals surface area contributed by atoms with E-state index in [1.54, 1.807) is 12.1 Å². The minimum absolute atomic E-state index is 0.0795. The lowest BCUT2D eigenvalue weighted by Gasteiger charge is -2.21. The molecule has 1 heterocycles. The summed E-state index contributed by atoms with van der Waals surface area (Å²) >= 11 is 5.97. The molecule has 7 nitrogen and oxygen atoms in total. The average Bonchev–Trinajstić information content (AvgIpc) is 2.92. The molecule has 1 aliphatic rings. The Bertz CT molecular complexity index is 708. The standard InChI is InChI=1S/C15H21ClN2O5S/c1-18(2)24(20,21)9-11-7-23-8-14(11)17-15(19)10-4-12(16)6-13(5-10)22-3/h4-6,11,14H,7-9H2,1-3H3,(H,17,19)/t11-,14-/m0/s1. The van der Waals surface area contributed by atoms with Gasteiger partial charge in [0, 0.05) is 30.6 Å². The Morgan fingerprint density at radius 3 is 2.71 bits per heavy atom. The van der Waals surface area contributed by atoms with E-state index in [1.165, 1.54) is 31.6 Å². The molecule has 1 aliphatic heterocycles. The summed E-state index contributed by atoms with van der Waals surface area (Å²) in [5, 5.41) is 3.21. The highest BCUT2D eigenvalue weighted by atomic mass is 35.5. The van der Waals surface area contributed by atoms with Gasteiger partial charge in [0.1, 0.15) is 5.75 Å². The molecule has 0 aliphatic carbocycles. The van der Waals surface area contributed by atoms with E-state index in [0.29, 0.717) is 16.3 Å². The first-order chi connectivity index (χ1) is 11.2. The third-order valence-corrected chi connectivity index (χ3v) is 6.05. The van der Waals surface area contributed by atoms with Crippen LogP contribution in [0.2, 0.25) is 5.02 Å². The number of benzene rings is 1. The summed E-state index contributed by atoms with van der Waals surface area (Å²) in [5.74, 6) is -0.257. The van der Waals surface area contributed by atoms with Crippen molar-refractivity contribution in [2.75, 3.05) is 40.2 Å². The fourth-order valence-electron chi connectivity index (χ4n) is 2.41. The molecule has 2 atom stereocenters. The summed E-state index contributed by atoms with van der Waals surface area (Å²) in [7, 11) is 1.08. The number of halogens is 1. The summed E-state index contributed by atoms with van der Waals surface area (Å²) in [6.45, 7) is 0.563. The molecule has 134 valence electrons. The Hall–Kier alpha value is -1.35. The number of hydrogen-bond donors (Lipinski definition) is 1. The van der Waals surface area contributed by atoms with Gasteiger partial charge in [-0.3, -0.25) is 4.79 Å². The lowest BCUT2D eigenvalue weighted by molar-refractivity contribution is 0.0925. The van der Waals surface area contributed by atoms with Crippen LogP contribution in [0.15, 0.2) is 18.2 Å². The van der Waals surface area contributed by atoms with Crippen molar-refractivity contribution in [3.05, 3.63) is 28.8 Å². The number of hydrogen-bond acceptors (Lipinski definition) is 5. The lowest BCUT2D eigenvalue weighted by Crippen LogP contribution is -2.43. The summed E-state index contributed by atoms with van der Waals surface area (Å²) in [6.07, 6.45) is 0. The van der Waals surface area contributed by atoms with Crippen molar-refractivity contribution >= 4 is 27.5 Å². The quantitative estimate of drug-likeness (QED) is 0.800. The molecule has 1 saturated heterocycles. The van der Waals surface area contributed by atoms with E-state index in [1.807, 2.05) is 0 Å². The number of methoxy groups -OCH3 is 1. The van der Waals surface area contributed by atoms with Crippen molar-refractivity contribution in [2.45, 2.75) is 6.04 Å². The zero-order valence-corrected chi connectivity index (χ0v) is 15.4. The van der Waals surface area contributed by atoms with Crippen molar-refractivity contribution in [1.29, 1.82) is 0 Å². The Labute approximate surface area is 146 Å². The smallest absolute Gasteiger partial charge is 0.251 e. The van der Waals surface area contributed by atoms with Crippen LogP contribution in [-0.4, -0.2) is 64.8 Å². The number of rotatable bonds is 6. The van der Waals surface area contributed by atoms with Crippen molar-refractivity contribution < 1.29 is 22.7 Å². The van der Waals surface area contributed by atoms with E-state index < -0.39 is 10.0 Å². The molecule has 1 aromatic carbocycles. The molecule has 9 heteroatoms. The number of carbonyl (C=O) groups is 1. The molecule has 1 amide bonds. The molecule has 0 unspecified atom stereocenters. The highest BCUT2D eigenvalue weighted by Crippen LogP contribution is 2.22. The predicted molar refractivity (Wildman–Crippen MR) is 91.0 cm³/mol. The van der Waals surface area contributed by atoms with Crippen LogP contribution in [0, 0.1) is 5.92 Å². The van der Waals surface area contributed by atoms with Crippen LogP contribution in [0.3, 0.4) is 0 Å². The summed E-state index contributed by atoms with van der Waals surface area (Å²) < 4.78 is 35.7. The highest BCUT2D eigenvalue weighted by Gasteiger charge is 2.34. The third kappa shape index (κ3) is 4.60. The first-order valence-corrected chi connectivity index (χ1v) is 9.35. The van der Waals surface area contributed by atoms with Gasteiger partial charge in [-0.1, -0.05) is 11.6 Å². The summed E-state index contributed by atoms with van der Waals surface area (Å²) in [5.41, 5.74) is 0.348. The van der Waals surface area contributed by atoms with E-state index in [2.05, 4.69) is 5.32 Å². The Morgan fingerprint density at radius 2 is 2.08 bits per heavy atom. The Balaban J connectivity index is 2.09. The topological polar surface area (TPSA) is 84.9 Å². The van der Waals surface area contributed by atoms with Crippen LogP contribution in [0.1, 0.15) is 10.4 Å². The molecule has 0 saturated carbocycles. The number of carbonyl (C=O) groups excluding carboxylic acids is 1. The van der Waals surface area contributed by atoms with Gasteiger partial charge in [0.25, 0.3) is 5.91 Å². The monoisotopic (exact) mass is 376 g/mol. The van der Waals surface area contributed by atoms with Gasteiger partial charge in [0.15, 0.2) is 0 Å². The second-order valence-electron chi connectivity index (χ2n) is 5.82. The van der Waals surface area contributed by atoms with E-state index in [9.17, 15) is 13.2 Å². The summed E-state index contributed by atoms with van der Waals surface area (Å²) in [4.78, 5) is 12.4. The molecule has 0 radical (unpaired) electrons. The van der Waals surface area contributed by atoms with Gasteiger partial charge in [-0.05, 0) is 18.2 Å². The van der Waals surface area contributed by atoms with Crippen LogP contribution in [0.25, 0.3) is 0 Å². The van der Waals surface area contributed by atoms with Crippen LogP contribution in [-0.2, 0) is 14.8 Å². The first-order valence-electron chi connectivity index (χ1n) is 7.36. The van der Waals surface area contributed by atoms with E-state index >= 15 is 0 Å². The molecular formula is C15H21ClN2O5S. The molecule has 2 rings (SSSR count). The van der Waals surface area contributed by atoms with Crippen LogP contribution >= 0.6 is 11.6 Å². The van der Waals surface area contributed by atoms with Gasteiger partial charge < -0.3 is 14.8 Å². The SMILES string of the molecule is COc1cc(Cl)cc(C(=O)N[C@H]2COC[C@H]2CS(=O)(=O)N(C)C)c1. The molecule has 1 N–H and O–H groups in total. The summed E-state index contributed by atoms with van der Waals surface area (Å²) in [6, 6.07) is 4.32. The zero-order chi connectivity index (χ0) is 17.9. The molecule has 1 fully saturated rings. The number of ether oxygens (including phenoxy) is 2. The predicted octanol–water partition coefficient (Wildman–Crippen LogP) is 0.985. The molecule has 1 aromatic rings. The van der Waals surface area contributed by atoms with E-state index in [-0.39, 0.29) is 36.8 Å². The van der Waals surface area contributed by atoms with Crippen LogP contribution < -0.4 is 10.1 Å². The third-order valence-electron chi connectivity index (χ3n) is 3.87. The maximum atomic E-state index is 12.4. The van der Waals surface area contributed by atoms with Gasteiger partial charge in [0.2, 0.25) is 10.0 Å². The lowest BCUT2D eigenvalue weighted by atomic mass is 10.1. The second kappa shape index (κ2) is 7.69. The maximum Gasteiger partial charge on any atom is 0.251 e. The van der Waals surface area contributed by atoms with Gasteiger partial charge in [-0.25, -0.2) is 12.7 Å². The van der Waals surface area contributed by atoms with Crippen LogP contribution in [0.5, 0.6) is 5.75 Å². The van der Waals surface area contributed by atoms with Crippen molar-refractivity contribution in [3.63, 3.8) is 0 Å². The Morgan fingerprint density at radius 1 is 1.38 bits per heavy atom. The molecule has 0 aromatic heterocycles. The highest BCUT2D eigenvalue weighted by molar-refractivity contribution is 7.89. The molecular weight excluding hydrogens is 356 g/mol. The van der Waals surface area contributed by atoms with E-state index in [4.69, 9.17) is 21.1 Å². The number of sulfonamides is 1. The van der Waals surface area contributed by atoms with Gasteiger partial charge in [-0.15, -0.1) is 0 Å². The van der Waals surface area contributed by atoms with Crippen molar-refractivity contribution in [2.24, 2.45) is 5.92 Å². The normalized spacial score (nSPS) is 21.0. The molecule has 24 heavy (non-hydrogen) atoms. The van der Waals surface area contributed by atoms with Gasteiger partial charge in [0.05, 0.1) is 32.1 Å². The number of amides is 1. The minimum Gasteiger partial charge on any atom is -0.497 e. The number of nitrogens with zero attached hydrogens (tertiary/aromatic N) is 1. The second-order valence-corrected chi connectivity index (χ2v) is 8.48. The fourth-order valence-corrected chi connectivity index (χ4v) is 3.80. The number of nitrogens with one attached hydrogen (secondary N) is 1. The van der Waals surface area contributed by atoms with Crippen molar-refractivity contribution in [3.8, 4) is 5.75 Å². The fraction of sp³-hybridized carbons (Fsp3) is 0.533. The molecule has 0 spiro atoms. The average molecular weight is 377 g/mol.